The molecule has 1 N–H and O–H groups in total. The number of aromatic carboxylic acids is 1. The minimum Gasteiger partial charge on any atom is -0.478 e. The van der Waals surface area contributed by atoms with E-state index in [1.807, 2.05) is 36.4 Å². The highest BCUT2D eigenvalue weighted by molar-refractivity contribution is 7.13. The van der Waals surface area contributed by atoms with E-state index in [-0.39, 0.29) is 0 Å². The van der Waals surface area contributed by atoms with Crippen LogP contribution in [0, 0.1) is 0 Å². The lowest BCUT2D eigenvalue weighted by atomic mass is 10.2. The third-order valence-electron chi connectivity index (χ3n) is 2.70. The molecule has 4 heteroatoms. The van der Waals surface area contributed by atoms with E-state index in [0.717, 1.165) is 21.5 Å². The van der Waals surface area contributed by atoms with Crippen molar-refractivity contribution in [1.29, 1.82) is 0 Å². The number of pyridine rings is 1. The molecule has 0 aliphatic rings. The Morgan fingerprint density at radius 1 is 1.17 bits per heavy atom. The van der Waals surface area contributed by atoms with Gasteiger partial charge >= 0.3 is 5.97 Å². The summed E-state index contributed by atoms with van der Waals surface area (Å²) in [6.07, 6.45) is 0. The zero-order chi connectivity index (χ0) is 12.5. The number of carbonyl (C=O) groups is 1. The quantitative estimate of drug-likeness (QED) is 0.760. The van der Waals surface area contributed by atoms with Gasteiger partial charge in [-0.05, 0) is 18.2 Å². The van der Waals surface area contributed by atoms with Crippen molar-refractivity contribution in [3.8, 4) is 10.6 Å². The Morgan fingerprint density at radius 3 is 2.78 bits per heavy atom. The van der Waals surface area contributed by atoms with Crippen LogP contribution in [0.4, 0.5) is 0 Å². The highest BCUT2D eigenvalue weighted by Crippen LogP contribution is 2.27. The molecule has 2 aromatic heterocycles. The molecule has 0 bridgehead atoms. The molecule has 0 aliphatic heterocycles. The molecule has 0 atom stereocenters. The maximum atomic E-state index is 10.8. The number of carboxylic acids is 1. The van der Waals surface area contributed by atoms with Gasteiger partial charge in [-0.25, -0.2) is 9.78 Å². The highest BCUT2D eigenvalue weighted by atomic mass is 32.1. The van der Waals surface area contributed by atoms with Crippen LogP contribution in [0.1, 0.15) is 10.4 Å². The Morgan fingerprint density at radius 2 is 2.00 bits per heavy atom. The van der Waals surface area contributed by atoms with Gasteiger partial charge in [-0.1, -0.05) is 24.3 Å². The van der Waals surface area contributed by atoms with Crippen molar-refractivity contribution in [3.63, 3.8) is 0 Å². The second-order valence-corrected chi connectivity index (χ2v) is 4.81. The Hall–Kier alpha value is -2.20. The smallest absolute Gasteiger partial charge is 0.336 e. The van der Waals surface area contributed by atoms with E-state index in [1.54, 1.807) is 11.4 Å². The highest BCUT2D eigenvalue weighted by Gasteiger charge is 2.09. The van der Waals surface area contributed by atoms with Gasteiger partial charge in [-0.3, -0.25) is 0 Å². The van der Waals surface area contributed by atoms with Crippen LogP contribution in [0.15, 0.2) is 47.8 Å². The van der Waals surface area contributed by atoms with Gasteiger partial charge in [0.05, 0.1) is 21.7 Å². The Labute approximate surface area is 107 Å². The lowest BCUT2D eigenvalue weighted by molar-refractivity contribution is 0.0697. The van der Waals surface area contributed by atoms with Gasteiger partial charge in [0.1, 0.15) is 0 Å². The molecule has 2 heterocycles. The van der Waals surface area contributed by atoms with E-state index in [2.05, 4.69) is 4.98 Å². The van der Waals surface area contributed by atoms with E-state index in [1.165, 1.54) is 11.3 Å². The molecule has 0 fully saturated rings. The largest absolute Gasteiger partial charge is 0.478 e. The molecule has 1 aromatic carbocycles. The lowest BCUT2D eigenvalue weighted by Crippen LogP contribution is -1.91. The summed E-state index contributed by atoms with van der Waals surface area (Å²) in [5.74, 6) is -0.904. The second-order valence-electron chi connectivity index (χ2n) is 3.89. The first-order valence-corrected chi connectivity index (χ1v) is 6.30. The van der Waals surface area contributed by atoms with Gasteiger partial charge in [-0.15, -0.1) is 11.3 Å². The third kappa shape index (κ3) is 1.87. The minimum atomic E-state index is -0.904. The zero-order valence-electron chi connectivity index (χ0n) is 9.33. The molecule has 0 saturated carbocycles. The number of aromatic nitrogens is 1. The standard InChI is InChI=1S/C14H9NO2S/c16-14(17)10-7-13(18-8-10)12-6-5-9-3-1-2-4-11(9)15-12/h1-8H,(H,16,17). The van der Waals surface area contributed by atoms with Crippen LogP contribution in [-0.2, 0) is 0 Å². The van der Waals surface area contributed by atoms with Crippen LogP contribution < -0.4 is 0 Å². The van der Waals surface area contributed by atoms with Gasteiger partial charge in [-0.2, -0.15) is 0 Å². The number of benzene rings is 1. The SMILES string of the molecule is O=C(O)c1csc(-c2ccc3ccccc3n2)c1. The van der Waals surface area contributed by atoms with E-state index in [0.29, 0.717) is 5.56 Å². The predicted octanol–water partition coefficient (Wildman–Crippen LogP) is 3.66. The fourth-order valence-electron chi connectivity index (χ4n) is 1.79. The molecule has 0 unspecified atom stereocenters. The molecular weight excluding hydrogens is 246 g/mol. The summed E-state index contributed by atoms with van der Waals surface area (Å²) in [7, 11) is 0. The molecule has 0 radical (unpaired) electrons. The van der Waals surface area contributed by atoms with Crippen molar-refractivity contribution in [2.45, 2.75) is 0 Å². The monoisotopic (exact) mass is 255 g/mol. The summed E-state index contributed by atoms with van der Waals surface area (Å²) in [4.78, 5) is 16.3. The van der Waals surface area contributed by atoms with Crippen LogP contribution in [0.5, 0.6) is 0 Å². The first-order chi connectivity index (χ1) is 8.74. The average molecular weight is 255 g/mol. The van der Waals surface area contributed by atoms with Gasteiger partial charge < -0.3 is 5.11 Å². The van der Waals surface area contributed by atoms with E-state index >= 15 is 0 Å². The van der Waals surface area contributed by atoms with Crippen molar-refractivity contribution in [1.82, 2.24) is 4.98 Å². The molecule has 18 heavy (non-hydrogen) atoms. The zero-order valence-corrected chi connectivity index (χ0v) is 10.1. The summed E-state index contributed by atoms with van der Waals surface area (Å²) in [5, 5.41) is 11.6. The molecule has 3 aromatic rings. The van der Waals surface area contributed by atoms with Crippen molar-refractivity contribution in [2.75, 3.05) is 0 Å². The molecular formula is C14H9NO2S. The Kier molecular flexibility index (Phi) is 2.57. The number of hydrogen-bond donors (Lipinski definition) is 1. The molecule has 0 spiro atoms. The van der Waals surface area contributed by atoms with Gasteiger partial charge in [0.15, 0.2) is 0 Å². The molecule has 3 rings (SSSR count). The summed E-state index contributed by atoms with van der Waals surface area (Å²) >= 11 is 1.40. The van der Waals surface area contributed by atoms with E-state index in [9.17, 15) is 4.79 Å². The van der Waals surface area contributed by atoms with Crippen LogP contribution in [0.3, 0.4) is 0 Å². The average Bonchev–Trinajstić information content (AvgIpc) is 2.88. The fraction of sp³-hybridized carbons (Fsp3) is 0. The summed E-state index contributed by atoms with van der Waals surface area (Å²) in [5.41, 5.74) is 2.04. The van der Waals surface area contributed by atoms with Crippen LogP contribution >= 0.6 is 11.3 Å². The second kappa shape index (κ2) is 4.23. The summed E-state index contributed by atoms with van der Waals surface area (Å²) < 4.78 is 0. The number of fused-ring (bicyclic) bond motifs is 1. The Balaban J connectivity index is 2.10. The number of hydrogen-bond acceptors (Lipinski definition) is 3. The molecule has 3 nitrogen and oxygen atoms in total. The first kappa shape index (κ1) is 10.9. The van der Waals surface area contributed by atoms with Gasteiger partial charge in [0.25, 0.3) is 0 Å². The minimum absolute atomic E-state index is 0.310. The first-order valence-electron chi connectivity index (χ1n) is 5.42. The number of para-hydroxylation sites is 1. The van der Waals surface area contributed by atoms with Crippen molar-refractivity contribution < 1.29 is 9.90 Å². The van der Waals surface area contributed by atoms with Crippen LogP contribution in [0.2, 0.25) is 0 Å². The van der Waals surface area contributed by atoms with E-state index < -0.39 is 5.97 Å². The number of thiophene rings is 1. The molecule has 0 amide bonds. The number of carboxylic acid groups (broad SMARTS) is 1. The number of nitrogens with zero attached hydrogens (tertiary/aromatic N) is 1. The van der Waals surface area contributed by atoms with Gasteiger partial charge in [0, 0.05) is 10.8 Å². The van der Waals surface area contributed by atoms with Crippen molar-refractivity contribution >= 4 is 28.2 Å². The van der Waals surface area contributed by atoms with Crippen molar-refractivity contribution in [2.24, 2.45) is 0 Å². The third-order valence-corrected chi connectivity index (χ3v) is 3.65. The normalized spacial score (nSPS) is 10.7. The summed E-state index contributed by atoms with van der Waals surface area (Å²) in [6, 6.07) is 13.4. The van der Waals surface area contributed by atoms with Crippen LogP contribution in [-0.4, -0.2) is 16.1 Å². The topological polar surface area (TPSA) is 50.2 Å². The maximum absolute atomic E-state index is 10.8. The number of rotatable bonds is 2. The summed E-state index contributed by atoms with van der Waals surface area (Å²) in [6.45, 7) is 0. The van der Waals surface area contributed by atoms with Gasteiger partial charge in [0.2, 0.25) is 0 Å². The molecule has 0 saturated heterocycles. The van der Waals surface area contributed by atoms with Crippen molar-refractivity contribution in [3.05, 3.63) is 53.4 Å². The molecule has 88 valence electrons. The van der Waals surface area contributed by atoms with Crippen LogP contribution in [0.25, 0.3) is 21.5 Å². The Bertz CT molecular complexity index is 733. The maximum Gasteiger partial charge on any atom is 0.336 e. The fourth-order valence-corrected chi connectivity index (χ4v) is 2.64. The lowest BCUT2D eigenvalue weighted by Gasteiger charge is -2.00. The van der Waals surface area contributed by atoms with E-state index in [4.69, 9.17) is 5.11 Å². The predicted molar refractivity (Wildman–Crippen MR) is 72.0 cm³/mol. The molecule has 0 aliphatic carbocycles.